The van der Waals surface area contributed by atoms with Crippen LogP contribution in [0, 0.1) is 0 Å². The summed E-state index contributed by atoms with van der Waals surface area (Å²) < 4.78 is 5.16. The van der Waals surface area contributed by atoms with E-state index in [0.717, 1.165) is 17.4 Å². The molecule has 0 aliphatic heterocycles. The highest BCUT2D eigenvalue weighted by atomic mass is 28.1. The Morgan fingerprint density at radius 1 is 1.45 bits per heavy atom. The van der Waals surface area contributed by atoms with Crippen LogP contribution < -0.4 is 4.74 Å². The highest BCUT2D eigenvalue weighted by Gasteiger charge is 1.96. The third-order valence-electron chi connectivity index (χ3n) is 1.37. The van der Waals surface area contributed by atoms with Gasteiger partial charge in [0.05, 0.1) is 6.26 Å². The van der Waals surface area contributed by atoms with E-state index >= 15 is 0 Å². The first-order valence-electron chi connectivity index (χ1n) is 3.38. The Labute approximate surface area is 70.1 Å². The average molecular weight is 161 g/mol. The Morgan fingerprint density at radius 3 is 2.82 bits per heavy atom. The molecule has 0 aliphatic rings. The molecule has 0 amide bonds. The van der Waals surface area contributed by atoms with Crippen molar-refractivity contribution >= 4 is 10.2 Å². The van der Waals surface area contributed by atoms with Crippen molar-refractivity contribution in [2.75, 3.05) is 0 Å². The summed E-state index contributed by atoms with van der Waals surface area (Å²) in [6.07, 6.45) is 1.43. The van der Waals surface area contributed by atoms with Crippen LogP contribution in [0.4, 0.5) is 0 Å². The standard InChI is InChI=1S/C9H9OSi/c1-2-10-9-6-4-3-5-8(9)7-11/h2-6H,1,7H2. The lowest BCUT2D eigenvalue weighted by Gasteiger charge is -2.04. The first-order chi connectivity index (χ1) is 5.38. The molecule has 0 aromatic heterocycles. The minimum absolute atomic E-state index is 0.796. The molecule has 0 fully saturated rings. The van der Waals surface area contributed by atoms with Gasteiger partial charge in [-0.15, -0.1) is 0 Å². The molecule has 0 saturated carbocycles. The molecular formula is C9H9OSi. The normalized spacial score (nSPS) is 9.18. The smallest absolute Gasteiger partial charge is 0.129 e. The summed E-state index contributed by atoms with van der Waals surface area (Å²) >= 11 is 0. The van der Waals surface area contributed by atoms with Crippen LogP contribution in [-0.4, -0.2) is 10.2 Å². The number of hydrogen-bond acceptors (Lipinski definition) is 1. The van der Waals surface area contributed by atoms with Crippen molar-refractivity contribution < 1.29 is 4.74 Å². The lowest BCUT2D eigenvalue weighted by atomic mass is 10.2. The number of rotatable bonds is 3. The molecule has 1 aromatic rings. The monoisotopic (exact) mass is 161 g/mol. The van der Waals surface area contributed by atoms with E-state index < -0.39 is 0 Å². The number of hydrogen-bond donors (Lipinski definition) is 0. The van der Waals surface area contributed by atoms with Gasteiger partial charge in [0.1, 0.15) is 5.75 Å². The van der Waals surface area contributed by atoms with Gasteiger partial charge in [0.15, 0.2) is 0 Å². The fourth-order valence-corrected chi connectivity index (χ4v) is 1.15. The van der Waals surface area contributed by atoms with Gasteiger partial charge in [-0.2, -0.15) is 0 Å². The molecule has 11 heavy (non-hydrogen) atoms. The number of para-hydroxylation sites is 1. The van der Waals surface area contributed by atoms with Crippen molar-refractivity contribution in [3.63, 3.8) is 0 Å². The molecule has 0 N–H and O–H groups in total. The molecule has 0 spiro atoms. The van der Waals surface area contributed by atoms with Gasteiger partial charge >= 0.3 is 0 Å². The quantitative estimate of drug-likeness (QED) is 0.486. The van der Waals surface area contributed by atoms with Crippen LogP contribution in [0.5, 0.6) is 5.75 Å². The van der Waals surface area contributed by atoms with Gasteiger partial charge in [0, 0.05) is 10.2 Å². The fraction of sp³-hybridized carbons (Fsp3) is 0.111. The van der Waals surface area contributed by atoms with E-state index in [1.54, 1.807) is 0 Å². The van der Waals surface area contributed by atoms with E-state index in [9.17, 15) is 0 Å². The second-order valence-electron chi connectivity index (χ2n) is 2.07. The van der Waals surface area contributed by atoms with Gasteiger partial charge in [-0.1, -0.05) is 24.8 Å². The SMILES string of the molecule is C=COc1ccccc1C[Si]. The third-order valence-corrected chi connectivity index (χ3v) is 1.75. The maximum absolute atomic E-state index is 5.16. The Morgan fingerprint density at radius 2 is 2.18 bits per heavy atom. The van der Waals surface area contributed by atoms with Crippen molar-refractivity contribution in [3.05, 3.63) is 42.7 Å². The molecule has 1 rings (SSSR count). The molecular weight excluding hydrogens is 152 g/mol. The van der Waals surface area contributed by atoms with Crippen LogP contribution in [0.25, 0.3) is 0 Å². The van der Waals surface area contributed by atoms with Gasteiger partial charge in [-0.05, 0) is 17.7 Å². The van der Waals surface area contributed by atoms with Crippen LogP contribution in [0.3, 0.4) is 0 Å². The lowest BCUT2D eigenvalue weighted by Crippen LogP contribution is -1.89. The summed E-state index contributed by atoms with van der Waals surface area (Å²) in [5, 5.41) is 0. The zero-order chi connectivity index (χ0) is 8.10. The summed E-state index contributed by atoms with van der Waals surface area (Å²) in [7, 11) is 3.41. The maximum Gasteiger partial charge on any atom is 0.129 e. The minimum Gasteiger partial charge on any atom is -0.465 e. The highest BCUT2D eigenvalue weighted by molar-refractivity contribution is 6.08. The van der Waals surface area contributed by atoms with Crippen molar-refractivity contribution in [1.82, 2.24) is 0 Å². The van der Waals surface area contributed by atoms with Crippen LogP contribution >= 0.6 is 0 Å². The molecule has 2 heteroatoms. The zero-order valence-electron chi connectivity index (χ0n) is 6.21. The summed E-state index contributed by atoms with van der Waals surface area (Å²) in [5.74, 6) is 0.859. The van der Waals surface area contributed by atoms with Crippen LogP contribution in [0.15, 0.2) is 37.1 Å². The highest BCUT2D eigenvalue weighted by Crippen LogP contribution is 2.17. The van der Waals surface area contributed by atoms with Gasteiger partial charge < -0.3 is 4.74 Å². The summed E-state index contributed by atoms with van der Waals surface area (Å²) in [4.78, 5) is 0. The van der Waals surface area contributed by atoms with E-state index in [2.05, 4.69) is 16.8 Å². The van der Waals surface area contributed by atoms with E-state index in [-0.39, 0.29) is 0 Å². The van der Waals surface area contributed by atoms with Crippen LogP contribution in [0.1, 0.15) is 5.56 Å². The number of ether oxygens (including phenoxy) is 1. The fourth-order valence-electron chi connectivity index (χ4n) is 0.855. The molecule has 1 aromatic carbocycles. The minimum atomic E-state index is 0.796. The summed E-state index contributed by atoms with van der Waals surface area (Å²) in [6.45, 7) is 3.49. The molecule has 0 aliphatic carbocycles. The van der Waals surface area contributed by atoms with Crippen molar-refractivity contribution in [2.45, 2.75) is 6.04 Å². The predicted molar refractivity (Wildman–Crippen MR) is 46.7 cm³/mol. The lowest BCUT2D eigenvalue weighted by molar-refractivity contribution is 0.479. The first kappa shape index (κ1) is 8.08. The molecule has 3 radical (unpaired) electrons. The second-order valence-corrected chi connectivity index (χ2v) is 2.42. The predicted octanol–water partition coefficient (Wildman–Crippen LogP) is 1.88. The maximum atomic E-state index is 5.16. The Balaban J connectivity index is 2.92. The van der Waals surface area contributed by atoms with E-state index in [1.807, 2.05) is 24.3 Å². The van der Waals surface area contributed by atoms with E-state index in [4.69, 9.17) is 4.74 Å². The third kappa shape index (κ3) is 1.95. The Hall–Kier alpha value is -1.02. The molecule has 0 saturated heterocycles. The van der Waals surface area contributed by atoms with Gasteiger partial charge in [-0.3, -0.25) is 0 Å². The average Bonchev–Trinajstić information content (AvgIpc) is 2.06. The first-order valence-corrected chi connectivity index (χ1v) is 4.09. The summed E-state index contributed by atoms with van der Waals surface area (Å²) in [6, 6.07) is 8.63. The van der Waals surface area contributed by atoms with Crippen LogP contribution in [0.2, 0.25) is 0 Å². The van der Waals surface area contributed by atoms with Gasteiger partial charge in [0.25, 0.3) is 0 Å². The van der Waals surface area contributed by atoms with Crippen molar-refractivity contribution in [2.24, 2.45) is 0 Å². The molecule has 0 unspecified atom stereocenters. The second kappa shape index (κ2) is 3.98. The van der Waals surface area contributed by atoms with Crippen LogP contribution in [-0.2, 0) is 6.04 Å². The largest absolute Gasteiger partial charge is 0.465 e. The molecule has 0 heterocycles. The van der Waals surface area contributed by atoms with E-state index in [1.165, 1.54) is 6.26 Å². The van der Waals surface area contributed by atoms with Crippen molar-refractivity contribution in [1.29, 1.82) is 0 Å². The van der Waals surface area contributed by atoms with E-state index in [0.29, 0.717) is 0 Å². The molecule has 55 valence electrons. The topological polar surface area (TPSA) is 9.23 Å². The van der Waals surface area contributed by atoms with Crippen molar-refractivity contribution in [3.8, 4) is 5.75 Å². The zero-order valence-corrected chi connectivity index (χ0v) is 7.21. The Kier molecular flexibility index (Phi) is 2.92. The van der Waals surface area contributed by atoms with Gasteiger partial charge in [0.2, 0.25) is 0 Å². The molecule has 0 bridgehead atoms. The molecule has 0 atom stereocenters. The number of benzene rings is 1. The Bertz CT molecular complexity index is 245. The summed E-state index contributed by atoms with van der Waals surface area (Å²) in [5.41, 5.74) is 1.13. The molecule has 1 nitrogen and oxygen atoms in total. The van der Waals surface area contributed by atoms with Gasteiger partial charge in [-0.25, -0.2) is 0 Å².